The van der Waals surface area contributed by atoms with Crippen LogP contribution in [0, 0.1) is 17.1 Å². The van der Waals surface area contributed by atoms with Crippen LogP contribution in [0.2, 0.25) is 0 Å². The molecule has 0 saturated heterocycles. The van der Waals surface area contributed by atoms with Gasteiger partial charge in [-0.1, -0.05) is 18.2 Å². The maximum Gasteiger partial charge on any atom is 0.220 e. The number of carbonyl (C=O) groups is 1. The quantitative estimate of drug-likeness (QED) is 0.455. The minimum Gasteiger partial charge on any atom is -0.351 e. The van der Waals surface area contributed by atoms with Crippen molar-refractivity contribution in [2.45, 2.75) is 19.4 Å². The smallest absolute Gasteiger partial charge is 0.220 e. The highest BCUT2D eigenvalue weighted by atomic mass is 32.1. The van der Waals surface area contributed by atoms with Crippen LogP contribution in [-0.2, 0) is 17.8 Å². The lowest BCUT2D eigenvalue weighted by atomic mass is 10.1. The molecule has 0 bridgehead atoms. The molecular weight excluding hydrogens is 411 g/mol. The van der Waals surface area contributed by atoms with Gasteiger partial charge in [-0.25, -0.2) is 9.07 Å². The summed E-state index contributed by atoms with van der Waals surface area (Å²) in [7, 11) is 0. The molecule has 1 amide bonds. The molecule has 5 nitrogen and oxygen atoms in total. The maximum absolute atomic E-state index is 13.8. The van der Waals surface area contributed by atoms with E-state index in [4.69, 9.17) is 5.26 Å². The Balaban J connectivity index is 1.55. The molecule has 0 radical (unpaired) electrons. The molecule has 0 unspecified atom stereocenters. The van der Waals surface area contributed by atoms with E-state index in [-0.39, 0.29) is 11.7 Å². The third-order valence-corrected chi connectivity index (χ3v) is 5.65. The molecule has 0 saturated carbocycles. The summed E-state index contributed by atoms with van der Waals surface area (Å²) in [4.78, 5) is 13.3. The van der Waals surface area contributed by atoms with E-state index < -0.39 is 0 Å². The summed E-state index contributed by atoms with van der Waals surface area (Å²) < 4.78 is 15.5. The molecule has 0 aliphatic heterocycles. The SMILES string of the molecule is N#Cc1ccc(-n2nc(CCC(=O)NCc3cccs3)cc2-c2cccc(F)c2)cc1. The number of nitrogens with one attached hydrogen (secondary N) is 1. The molecule has 31 heavy (non-hydrogen) atoms. The van der Waals surface area contributed by atoms with Crippen molar-refractivity contribution in [3.05, 3.63) is 94.1 Å². The summed E-state index contributed by atoms with van der Waals surface area (Å²) in [6.07, 6.45) is 0.764. The molecule has 0 aliphatic rings. The molecule has 4 aromatic rings. The molecule has 0 atom stereocenters. The highest BCUT2D eigenvalue weighted by Crippen LogP contribution is 2.25. The van der Waals surface area contributed by atoms with E-state index in [2.05, 4.69) is 16.5 Å². The number of amides is 1. The Morgan fingerprint density at radius 1 is 1.13 bits per heavy atom. The highest BCUT2D eigenvalue weighted by Gasteiger charge is 2.14. The van der Waals surface area contributed by atoms with E-state index in [0.29, 0.717) is 30.5 Å². The van der Waals surface area contributed by atoms with Crippen molar-refractivity contribution in [2.24, 2.45) is 0 Å². The predicted octanol–water partition coefficient (Wildman–Crippen LogP) is 4.86. The highest BCUT2D eigenvalue weighted by molar-refractivity contribution is 7.09. The molecule has 2 heterocycles. The first kappa shape index (κ1) is 20.5. The molecule has 1 N–H and O–H groups in total. The summed E-state index contributed by atoms with van der Waals surface area (Å²) in [6, 6.07) is 21.2. The van der Waals surface area contributed by atoms with E-state index >= 15 is 0 Å². The fourth-order valence-corrected chi connectivity index (χ4v) is 3.85. The Hall–Kier alpha value is -3.76. The van der Waals surface area contributed by atoms with Gasteiger partial charge in [0.2, 0.25) is 5.91 Å². The van der Waals surface area contributed by atoms with Gasteiger partial charge in [0, 0.05) is 23.3 Å². The largest absolute Gasteiger partial charge is 0.351 e. The monoisotopic (exact) mass is 430 g/mol. The van der Waals surface area contributed by atoms with Crippen LogP contribution in [0.3, 0.4) is 0 Å². The number of aryl methyl sites for hydroxylation is 1. The normalized spacial score (nSPS) is 10.6. The summed E-state index contributed by atoms with van der Waals surface area (Å²) in [5.41, 5.74) is 3.44. The maximum atomic E-state index is 13.8. The Morgan fingerprint density at radius 3 is 2.68 bits per heavy atom. The van der Waals surface area contributed by atoms with Crippen molar-refractivity contribution in [1.29, 1.82) is 5.26 Å². The molecular formula is C24H19FN4OS. The lowest BCUT2D eigenvalue weighted by Gasteiger charge is -2.08. The van der Waals surface area contributed by atoms with Gasteiger partial charge in [-0.2, -0.15) is 10.4 Å². The van der Waals surface area contributed by atoms with Crippen LogP contribution in [-0.4, -0.2) is 15.7 Å². The van der Waals surface area contributed by atoms with Gasteiger partial charge in [-0.3, -0.25) is 4.79 Å². The van der Waals surface area contributed by atoms with Gasteiger partial charge in [0.1, 0.15) is 5.82 Å². The Morgan fingerprint density at radius 2 is 1.97 bits per heavy atom. The first-order valence-corrected chi connectivity index (χ1v) is 10.6. The predicted molar refractivity (Wildman–Crippen MR) is 118 cm³/mol. The number of halogens is 1. The van der Waals surface area contributed by atoms with Crippen molar-refractivity contribution in [1.82, 2.24) is 15.1 Å². The van der Waals surface area contributed by atoms with Crippen molar-refractivity contribution in [2.75, 3.05) is 0 Å². The van der Waals surface area contributed by atoms with Gasteiger partial charge in [0.15, 0.2) is 0 Å². The van der Waals surface area contributed by atoms with Crippen LogP contribution in [0.25, 0.3) is 16.9 Å². The molecule has 2 aromatic heterocycles. The first-order valence-electron chi connectivity index (χ1n) is 9.77. The van der Waals surface area contributed by atoms with Gasteiger partial charge in [0.05, 0.1) is 35.3 Å². The number of carbonyl (C=O) groups excluding carboxylic acids is 1. The summed E-state index contributed by atoms with van der Waals surface area (Å²) in [5.74, 6) is -0.381. The standard InChI is InChI=1S/C24H19FN4OS/c25-19-4-1-3-18(13-19)23-14-20(8-11-24(30)27-16-22-5-2-12-31-22)28-29(23)21-9-6-17(15-26)7-10-21/h1-7,9-10,12-14H,8,11,16H2,(H,27,30). The van der Waals surface area contributed by atoms with E-state index in [1.807, 2.05) is 29.6 Å². The van der Waals surface area contributed by atoms with Crippen LogP contribution in [0.5, 0.6) is 0 Å². The van der Waals surface area contributed by atoms with Gasteiger partial charge in [-0.15, -0.1) is 11.3 Å². The number of hydrogen-bond acceptors (Lipinski definition) is 4. The van der Waals surface area contributed by atoms with Gasteiger partial charge >= 0.3 is 0 Å². The number of rotatable bonds is 7. The van der Waals surface area contributed by atoms with E-state index in [0.717, 1.165) is 22.0 Å². The lowest BCUT2D eigenvalue weighted by Crippen LogP contribution is -2.22. The number of nitriles is 1. The van der Waals surface area contributed by atoms with Gasteiger partial charge in [0.25, 0.3) is 0 Å². The van der Waals surface area contributed by atoms with Crippen LogP contribution in [0.4, 0.5) is 4.39 Å². The van der Waals surface area contributed by atoms with Crippen molar-refractivity contribution >= 4 is 17.2 Å². The van der Waals surface area contributed by atoms with E-state index in [9.17, 15) is 9.18 Å². The number of benzene rings is 2. The second-order valence-corrected chi connectivity index (χ2v) is 7.99. The number of aromatic nitrogens is 2. The lowest BCUT2D eigenvalue weighted by molar-refractivity contribution is -0.121. The van der Waals surface area contributed by atoms with Crippen LogP contribution in [0.1, 0.15) is 22.6 Å². The Bertz CT molecular complexity index is 1220. The second-order valence-electron chi connectivity index (χ2n) is 6.96. The minimum absolute atomic E-state index is 0.0476. The van der Waals surface area contributed by atoms with Gasteiger partial charge < -0.3 is 5.32 Å². The van der Waals surface area contributed by atoms with Crippen molar-refractivity contribution in [3.8, 4) is 23.0 Å². The average Bonchev–Trinajstić information content (AvgIpc) is 3.46. The molecule has 154 valence electrons. The average molecular weight is 431 g/mol. The van der Waals surface area contributed by atoms with E-state index in [1.54, 1.807) is 46.4 Å². The zero-order chi connectivity index (χ0) is 21.6. The van der Waals surface area contributed by atoms with Crippen LogP contribution in [0.15, 0.2) is 72.1 Å². The molecule has 0 fully saturated rings. The summed E-state index contributed by atoms with van der Waals surface area (Å²) >= 11 is 1.60. The van der Waals surface area contributed by atoms with Crippen LogP contribution < -0.4 is 5.32 Å². The van der Waals surface area contributed by atoms with Gasteiger partial charge in [-0.05, 0) is 53.9 Å². The second kappa shape index (κ2) is 9.37. The summed E-state index contributed by atoms with van der Waals surface area (Å²) in [6.45, 7) is 0.519. The Labute approximate surface area is 183 Å². The zero-order valence-corrected chi connectivity index (χ0v) is 17.4. The number of nitrogens with zero attached hydrogens (tertiary/aromatic N) is 3. The molecule has 0 aliphatic carbocycles. The fourth-order valence-electron chi connectivity index (χ4n) is 3.21. The fraction of sp³-hybridized carbons (Fsp3) is 0.125. The molecule has 4 rings (SSSR count). The Kier molecular flexibility index (Phi) is 6.20. The number of thiophene rings is 1. The molecule has 7 heteroatoms. The van der Waals surface area contributed by atoms with E-state index in [1.165, 1.54) is 12.1 Å². The van der Waals surface area contributed by atoms with Crippen LogP contribution >= 0.6 is 11.3 Å². The van der Waals surface area contributed by atoms with Crippen molar-refractivity contribution in [3.63, 3.8) is 0 Å². The third kappa shape index (κ3) is 5.05. The summed E-state index contributed by atoms with van der Waals surface area (Å²) in [5, 5.41) is 18.6. The molecule has 0 spiro atoms. The third-order valence-electron chi connectivity index (χ3n) is 4.77. The number of hydrogen-bond donors (Lipinski definition) is 1. The minimum atomic E-state index is -0.334. The first-order chi connectivity index (χ1) is 15.1. The molecule has 2 aromatic carbocycles. The topological polar surface area (TPSA) is 70.7 Å². The van der Waals surface area contributed by atoms with Crippen molar-refractivity contribution < 1.29 is 9.18 Å². The zero-order valence-electron chi connectivity index (χ0n) is 16.6.